The fourth-order valence-corrected chi connectivity index (χ4v) is 3.00. The number of benzene rings is 3. The topological polar surface area (TPSA) is 17.1 Å². The quantitative estimate of drug-likeness (QED) is 0.585. The van der Waals surface area contributed by atoms with Gasteiger partial charge >= 0.3 is 0 Å². The van der Waals surface area contributed by atoms with Gasteiger partial charge in [0.2, 0.25) is 0 Å². The number of rotatable bonds is 3. The third kappa shape index (κ3) is 2.46. The van der Waals surface area contributed by atoms with Gasteiger partial charge in [-0.3, -0.25) is 4.79 Å². The summed E-state index contributed by atoms with van der Waals surface area (Å²) in [6, 6.07) is 22.7. The van der Waals surface area contributed by atoms with E-state index in [1.165, 1.54) is 11.1 Å². The van der Waals surface area contributed by atoms with Gasteiger partial charge in [-0.1, -0.05) is 66.7 Å². The number of hydrogen-bond acceptors (Lipinski definition) is 1. The van der Waals surface area contributed by atoms with E-state index in [0.29, 0.717) is 0 Å². The first kappa shape index (κ1) is 14.3. The van der Waals surface area contributed by atoms with Crippen molar-refractivity contribution in [2.45, 2.75) is 13.8 Å². The van der Waals surface area contributed by atoms with Gasteiger partial charge in [-0.25, -0.2) is 0 Å². The number of aryl methyl sites for hydroxylation is 1. The van der Waals surface area contributed by atoms with E-state index >= 15 is 0 Å². The standard InChI is InChI=1S/C21H18O/c1-15-13-19(17-9-5-3-6-10-17)21(16(2)20(15)14-22)18-11-7-4-8-12-18/h3-14H,1-2H3. The maximum Gasteiger partial charge on any atom is 0.150 e. The lowest BCUT2D eigenvalue weighted by Crippen LogP contribution is -1.98. The van der Waals surface area contributed by atoms with Gasteiger partial charge in [0.15, 0.2) is 6.29 Å². The van der Waals surface area contributed by atoms with Crippen LogP contribution in [0.3, 0.4) is 0 Å². The molecule has 3 rings (SSSR count). The van der Waals surface area contributed by atoms with Crippen LogP contribution in [-0.4, -0.2) is 6.29 Å². The van der Waals surface area contributed by atoms with E-state index in [2.05, 4.69) is 30.3 Å². The Morgan fingerprint density at radius 3 is 1.86 bits per heavy atom. The van der Waals surface area contributed by atoms with Gasteiger partial charge in [0.25, 0.3) is 0 Å². The number of carbonyl (C=O) groups excluding carboxylic acids is 1. The Kier molecular flexibility index (Phi) is 3.88. The molecule has 1 nitrogen and oxygen atoms in total. The summed E-state index contributed by atoms with van der Waals surface area (Å²) in [5.74, 6) is 0. The van der Waals surface area contributed by atoms with E-state index in [4.69, 9.17) is 0 Å². The summed E-state index contributed by atoms with van der Waals surface area (Å²) in [7, 11) is 0. The summed E-state index contributed by atoms with van der Waals surface area (Å²) in [6.45, 7) is 4.03. The number of hydrogen-bond donors (Lipinski definition) is 0. The molecule has 0 saturated heterocycles. The lowest BCUT2D eigenvalue weighted by atomic mass is 9.86. The Bertz CT molecular complexity index is 802. The van der Waals surface area contributed by atoms with Gasteiger partial charge in [0.1, 0.15) is 0 Å². The molecule has 0 aliphatic heterocycles. The second kappa shape index (κ2) is 5.98. The van der Waals surface area contributed by atoms with Crippen LogP contribution in [0.2, 0.25) is 0 Å². The molecule has 0 radical (unpaired) electrons. The Morgan fingerprint density at radius 1 is 0.773 bits per heavy atom. The van der Waals surface area contributed by atoms with Crippen molar-refractivity contribution in [1.82, 2.24) is 0 Å². The molecule has 0 aliphatic carbocycles. The van der Waals surface area contributed by atoms with Crippen LogP contribution in [0.25, 0.3) is 22.3 Å². The average Bonchev–Trinajstić information content (AvgIpc) is 2.56. The molecule has 0 spiro atoms. The van der Waals surface area contributed by atoms with Crippen molar-refractivity contribution >= 4 is 6.29 Å². The maximum absolute atomic E-state index is 11.5. The highest BCUT2D eigenvalue weighted by molar-refractivity contribution is 5.93. The molecule has 0 N–H and O–H groups in total. The van der Waals surface area contributed by atoms with Gasteiger partial charge < -0.3 is 0 Å². The van der Waals surface area contributed by atoms with Crippen LogP contribution in [0.1, 0.15) is 21.5 Å². The second-order valence-corrected chi connectivity index (χ2v) is 5.50. The van der Waals surface area contributed by atoms with E-state index in [1.54, 1.807) is 0 Å². The van der Waals surface area contributed by atoms with Crippen molar-refractivity contribution < 1.29 is 4.79 Å². The highest BCUT2D eigenvalue weighted by Gasteiger charge is 2.15. The first-order valence-corrected chi connectivity index (χ1v) is 7.42. The van der Waals surface area contributed by atoms with Crippen molar-refractivity contribution in [3.63, 3.8) is 0 Å². The summed E-state index contributed by atoms with van der Waals surface area (Å²) >= 11 is 0. The van der Waals surface area contributed by atoms with Gasteiger partial charge in [-0.2, -0.15) is 0 Å². The van der Waals surface area contributed by atoms with Gasteiger partial charge in [-0.05, 0) is 47.2 Å². The Labute approximate surface area is 131 Å². The molecule has 3 aromatic carbocycles. The molecular formula is C21H18O. The van der Waals surface area contributed by atoms with Crippen molar-refractivity contribution in [3.8, 4) is 22.3 Å². The first-order chi connectivity index (χ1) is 10.7. The predicted molar refractivity (Wildman–Crippen MR) is 92.2 cm³/mol. The molecule has 0 bridgehead atoms. The largest absolute Gasteiger partial charge is 0.298 e. The monoisotopic (exact) mass is 286 g/mol. The maximum atomic E-state index is 11.5. The fraction of sp³-hybridized carbons (Fsp3) is 0.0952. The molecule has 108 valence electrons. The molecule has 0 heterocycles. The van der Waals surface area contributed by atoms with E-state index in [0.717, 1.165) is 34.1 Å². The van der Waals surface area contributed by atoms with Crippen LogP contribution in [-0.2, 0) is 0 Å². The summed E-state index contributed by atoms with van der Waals surface area (Å²) in [6.07, 6.45) is 0.964. The minimum absolute atomic E-state index is 0.790. The number of aldehydes is 1. The van der Waals surface area contributed by atoms with Crippen LogP contribution >= 0.6 is 0 Å². The predicted octanol–water partition coefficient (Wildman–Crippen LogP) is 5.45. The molecule has 0 fully saturated rings. The summed E-state index contributed by atoms with van der Waals surface area (Å²) < 4.78 is 0. The Balaban J connectivity index is 2.37. The van der Waals surface area contributed by atoms with Gasteiger partial charge in [0.05, 0.1) is 0 Å². The molecule has 0 amide bonds. The lowest BCUT2D eigenvalue weighted by molar-refractivity contribution is 0.112. The van der Waals surface area contributed by atoms with E-state index < -0.39 is 0 Å². The minimum atomic E-state index is 0.790. The van der Waals surface area contributed by atoms with Crippen LogP contribution in [0.15, 0.2) is 66.7 Å². The van der Waals surface area contributed by atoms with E-state index in [1.807, 2.05) is 50.2 Å². The molecule has 1 heteroatoms. The molecular weight excluding hydrogens is 268 g/mol. The normalized spacial score (nSPS) is 10.5. The molecule has 0 aliphatic rings. The highest BCUT2D eigenvalue weighted by atomic mass is 16.1. The van der Waals surface area contributed by atoms with Gasteiger partial charge in [-0.15, -0.1) is 0 Å². The zero-order chi connectivity index (χ0) is 15.5. The average molecular weight is 286 g/mol. The van der Waals surface area contributed by atoms with Crippen molar-refractivity contribution in [2.24, 2.45) is 0 Å². The molecule has 0 unspecified atom stereocenters. The van der Waals surface area contributed by atoms with Gasteiger partial charge in [0, 0.05) is 5.56 Å². The zero-order valence-corrected chi connectivity index (χ0v) is 12.8. The fourth-order valence-electron chi connectivity index (χ4n) is 3.00. The van der Waals surface area contributed by atoms with E-state index in [-0.39, 0.29) is 0 Å². The minimum Gasteiger partial charge on any atom is -0.298 e. The molecule has 0 saturated carbocycles. The number of carbonyl (C=O) groups is 1. The molecule has 22 heavy (non-hydrogen) atoms. The zero-order valence-electron chi connectivity index (χ0n) is 12.8. The highest BCUT2D eigenvalue weighted by Crippen LogP contribution is 2.37. The molecule has 0 atom stereocenters. The SMILES string of the molecule is Cc1cc(-c2ccccc2)c(-c2ccccc2)c(C)c1C=O. The third-order valence-corrected chi connectivity index (χ3v) is 4.10. The summed E-state index contributed by atoms with van der Waals surface area (Å²) in [4.78, 5) is 11.5. The van der Waals surface area contributed by atoms with Crippen molar-refractivity contribution in [3.05, 3.63) is 83.4 Å². The smallest absolute Gasteiger partial charge is 0.150 e. The summed E-state index contributed by atoms with van der Waals surface area (Å²) in [5.41, 5.74) is 7.48. The van der Waals surface area contributed by atoms with Crippen LogP contribution in [0.4, 0.5) is 0 Å². The van der Waals surface area contributed by atoms with Crippen LogP contribution in [0.5, 0.6) is 0 Å². The Hall–Kier alpha value is -2.67. The van der Waals surface area contributed by atoms with Crippen LogP contribution < -0.4 is 0 Å². The van der Waals surface area contributed by atoms with Crippen LogP contribution in [0, 0.1) is 13.8 Å². The summed E-state index contributed by atoms with van der Waals surface area (Å²) in [5, 5.41) is 0. The lowest BCUT2D eigenvalue weighted by Gasteiger charge is -2.17. The van der Waals surface area contributed by atoms with Crippen molar-refractivity contribution in [2.75, 3.05) is 0 Å². The molecule has 0 aromatic heterocycles. The second-order valence-electron chi connectivity index (χ2n) is 5.50. The Morgan fingerprint density at radius 2 is 1.32 bits per heavy atom. The third-order valence-electron chi connectivity index (χ3n) is 4.10. The molecule has 3 aromatic rings. The first-order valence-electron chi connectivity index (χ1n) is 7.42. The van der Waals surface area contributed by atoms with E-state index in [9.17, 15) is 4.79 Å². The van der Waals surface area contributed by atoms with Crippen molar-refractivity contribution in [1.29, 1.82) is 0 Å².